The minimum atomic E-state index is 0.218. The van der Waals surface area contributed by atoms with Gasteiger partial charge in [-0.2, -0.15) is 0 Å². The minimum absolute atomic E-state index is 0.218. The summed E-state index contributed by atoms with van der Waals surface area (Å²) in [5.41, 5.74) is 7.83. The Labute approximate surface area is 121 Å². The van der Waals surface area contributed by atoms with Gasteiger partial charge in [-0.25, -0.2) is 0 Å². The van der Waals surface area contributed by atoms with Crippen LogP contribution in [-0.2, 0) is 6.42 Å². The Balaban J connectivity index is 2.37. The van der Waals surface area contributed by atoms with Gasteiger partial charge in [0.2, 0.25) is 0 Å². The lowest BCUT2D eigenvalue weighted by Crippen LogP contribution is -2.10. The highest BCUT2D eigenvalue weighted by molar-refractivity contribution is 6.00. The Morgan fingerprint density at radius 3 is 1.85 bits per heavy atom. The molecule has 20 heavy (non-hydrogen) atoms. The fourth-order valence-electron chi connectivity index (χ4n) is 2.61. The summed E-state index contributed by atoms with van der Waals surface area (Å²) in [6.07, 6.45) is 0.477. The van der Waals surface area contributed by atoms with Crippen molar-refractivity contribution in [3.8, 4) is 0 Å². The maximum Gasteiger partial charge on any atom is 0.167 e. The predicted molar refractivity (Wildman–Crippen MR) is 84.6 cm³/mol. The van der Waals surface area contributed by atoms with Crippen LogP contribution in [0.25, 0.3) is 0 Å². The molecular weight excluding hydrogens is 244 g/mol. The maximum absolute atomic E-state index is 12.6. The Bertz CT molecular complexity index is 622. The van der Waals surface area contributed by atoms with E-state index in [2.05, 4.69) is 39.0 Å². The molecule has 0 aliphatic rings. The number of carbonyl (C=O) groups excluding carboxylic acids is 1. The standard InChI is InChI=1S/C19H22O/c1-12-6-8-17(9-7-12)11-18(20)19-15(4)13(2)10-14(3)16(19)5/h6-10H,11H2,1-5H3. The number of Topliss-reactive ketones (excluding diaryl/α,β-unsaturated/α-hetero) is 1. The van der Waals surface area contributed by atoms with Gasteiger partial charge in [0, 0.05) is 12.0 Å². The van der Waals surface area contributed by atoms with E-state index in [1.807, 2.05) is 26.0 Å². The number of ketones is 1. The molecule has 0 unspecified atom stereocenters. The zero-order valence-corrected chi connectivity index (χ0v) is 13.0. The molecule has 0 spiro atoms. The Morgan fingerprint density at radius 1 is 0.850 bits per heavy atom. The third-order valence-electron chi connectivity index (χ3n) is 4.13. The first kappa shape index (κ1) is 14.5. The van der Waals surface area contributed by atoms with Crippen LogP contribution in [0.2, 0.25) is 0 Å². The van der Waals surface area contributed by atoms with Crippen LogP contribution in [0.1, 0.15) is 43.7 Å². The molecule has 0 saturated heterocycles. The van der Waals surface area contributed by atoms with Crippen LogP contribution in [0, 0.1) is 34.6 Å². The van der Waals surface area contributed by atoms with Gasteiger partial charge in [0.15, 0.2) is 5.78 Å². The van der Waals surface area contributed by atoms with Crippen molar-refractivity contribution in [2.75, 3.05) is 0 Å². The molecule has 2 rings (SSSR count). The molecule has 0 saturated carbocycles. The SMILES string of the molecule is Cc1ccc(CC(=O)c2c(C)c(C)cc(C)c2C)cc1. The van der Waals surface area contributed by atoms with Gasteiger partial charge in [-0.1, -0.05) is 35.9 Å². The van der Waals surface area contributed by atoms with Crippen LogP contribution in [-0.4, -0.2) is 5.78 Å². The van der Waals surface area contributed by atoms with Crippen molar-refractivity contribution in [1.82, 2.24) is 0 Å². The van der Waals surface area contributed by atoms with Crippen molar-refractivity contribution < 1.29 is 4.79 Å². The molecular formula is C19H22O. The van der Waals surface area contributed by atoms with E-state index >= 15 is 0 Å². The summed E-state index contributed by atoms with van der Waals surface area (Å²) >= 11 is 0. The van der Waals surface area contributed by atoms with Crippen molar-refractivity contribution in [3.63, 3.8) is 0 Å². The lowest BCUT2D eigenvalue weighted by molar-refractivity contribution is 0.0991. The molecule has 2 aromatic carbocycles. The van der Waals surface area contributed by atoms with E-state index in [4.69, 9.17) is 0 Å². The molecule has 0 aromatic heterocycles. The quantitative estimate of drug-likeness (QED) is 0.739. The molecule has 0 radical (unpaired) electrons. The Morgan fingerprint density at radius 2 is 1.35 bits per heavy atom. The largest absolute Gasteiger partial charge is 0.294 e. The minimum Gasteiger partial charge on any atom is -0.294 e. The molecule has 0 aliphatic heterocycles. The highest BCUT2D eigenvalue weighted by Gasteiger charge is 2.16. The first-order chi connectivity index (χ1) is 9.40. The number of aryl methyl sites for hydroxylation is 3. The molecule has 0 bridgehead atoms. The maximum atomic E-state index is 12.6. The van der Waals surface area contributed by atoms with Gasteiger partial charge in [-0.05, 0) is 62.4 Å². The summed E-state index contributed by atoms with van der Waals surface area (Å²) < 4.78 is 0. The molecule has 0 amide bonds. The van der Waals surface area contributed by atoms with Crippen molar-refractivity contribution >= 4 is 5.78 Å². The van der Waals surface area contributed by atoms with E-state index < -0.39 is 0 Å². The number of benzene rings is 2. The normalized spacial score (nSPS) is 10.7. The lowest BCUT2D eigenvalue weighted by atomic mass is 9.89. The van der Waals surface area contributed by atoms with Crippen molar-refractivity contribution in [3.05, 3.63) is 69.3 Å². The van der Waals surface area contributed by atoms with Gasteiger partial charge in [-0.3, -0.25) is 4.79 Å². The van der Waals surface area contributed by atoms with Gasteiger partial charge in [0.05, 0.1) is 0 Å². The summed E-state index contributed by atoms with van der Waals surface area (Å²) in [5.74, 6) is 0.218. The van der Waals surface area contributed by atoms with E-state index in [1.165, 1.54) is 16.7 Å². The summed E-state index contributed by atoms with van der Waals surface area (Å²) in [4.78, 5) is 12.6. The molecule has 0 N–H and O–H groups in total. The van der Waals surface area contributed by atoms with E-state index in [0.29, 0.717) is 6.42 Å². The number of hydrogen-bond donors (Lipinski definition) is 0. The van der Waals surface area contributed by atoms with Crippen molar-refractivity contribution in [2.24, 2.45) is 0 Å². The number of hydrogen-bond acceptors (Lipinski definition) is 1. The van der Waals surface area contributed by atoms with Crippen LogP contribution in [0.3, 0.4) is 0 Å². The molecule has 2 aromatic rings. The van der Waals surface area contributed by atoms with Crippen LogP contribution in [0.4, 0.5) is 0 Å². The molecule has 0 fully saturated rings. The number of carbonyl (C=O) groups is 1. The average molecular weight is 266 g/mol. The van der Waals surface area contributed by atoms with Crippen LogP contribution in [0.15, 0.2) is 30.3 Å². The van der Waals surface area contributed by atoms with E-state index in [-0.39, 0.29) is 5.78 Å². The molecule has 0 heterocycles. The van der Waals surface area contributed by atoms with Crippen LogP contribution >= 0.6 is 0 Å². The zero-order valence-electron chi connectivity index (χ0n) is 13.0. The van der Waals surface area contributed by atoms with Gasteiger partial charge < -0.3 is 0 Å². The van der Waals surface area contributed by atoms with Crippen molar-refractivity contribution in [1.29, 1.82) is 0 Å². The van der Waals surface area contributed by atoms with Gasteiger partial charge in [0.1, 0.15) is 0 Å². The molecule has 0 atom stereocenters. The average Bonchev–Trinajstić information content (AvgIpc) is 2.39. The molecule has 1 nitrogen and oxygen atoms in total. The molecule has 104 valence electrons. The molecule has 1 heteroatoms. The van der Waals surface area contributed by atoms with Crippen molar-refractivity contribution in [2.45, 2.75) is 41.0 Å². The molecule has 0 aliphatic carbocycles. The fraction of sp³-hybridized carbons (Fsp3) is 0.316. The zero-order chi connectivity index (χ0) is 14.9. The first-order valence-electron chi connectivity index (χ1n) is 7.06. The van der Waals surface area contributed by atoms with E-state index in [9.17, 15) is 4.79 Å². The summed E-state index contributed by atoms with van der Waals surface area (Å²) in [6.45, 7) is 10.3. The lowest BCUT2D eigenvalue weighted by Gasteiger charge is -2.14. The Hall–Kier alpha value is -1.89. The fourth-order valence-corrected chi connectivity index (χ4v) is 2.61. The second kappa shape index (κ2) is 5.62. The van der Waals surface area contributed by atoms with Gasteiger partial charge in [0.25, 0.3) is 0 Å². The smallest absolute Gasteiger partial charge is 0.167 e. The van der Waals surface area contributed by atoms with Gasteiger partial charge in [-0.15, -0.1) is 0 Å². The van der Waals surface area contributed by atoms with E-state index in [1.54, 1.807) is 0 Å². The number of rotatable bonds is 3. The predicted octanol–water partition coefficient (Wildman–Crippen LogP) is 4.65. The summed E-state index contributed by atoms with van der Waals surface area (Å²) in [6, 6.07) is 10.4. The highest BCUT2D eigenvalue weighted by atomic mass is 16.1. The highest BCUT2D eigenvalue weighted by Crippen LogP contribution is 2.23. The summed E-state index contributed by atoms with van der Waals surface area (Å²) in [5, 5.41) is 0. The summed E-state index contributed by atoms with van der Waals surface area (Å²) in [7, 11) is 0. The van der Waals surface area contributed by atoms with Gasteiger partial charge >= 0.3 is 0 Å². The third-order valence-corrected chi connectivity index (χ3v) is 4.13. The van der Waals surface area contributed by atoms with Crippen LogP contribution < -0.4 is 0 Å². The van der Waals surface area contributed by atoms with E-state index in [0.717, 1.165) is 22.3 Å². The first-order valence-corrected chi connectivity index (χ1v) is 7.06. The third kappa shape index (κ3) is 2.82. The topological polar surface area (TPSA) is 17.1 Å². The Kier molecular flexibility index (Phi) is 4.08. The van der Waals surface area contributed by atoms with Crippen LogP contribution in [0.5, 0.6) is 0 Å². The second-order valence-corrected chi connectivity index (χ2v) is 5.72. The monoisotopic (exact) mass is 266 g/mol. The second-order valence-electron chi connectivity index (χ2n) is 5.72.